The van der Waals surface area contributed by atoms with Crippen molar-refractivity contribution < 1.29 is 4.48 Å². The number of nitrogens with zero attached hydrogens (tertiary/aromatic N) is 1. The molecule has 1 saturated heterocycles. The molecule has 0 amide bonds. The van der Waals surface area contributed by atoms with Gasteiger partial charge in [-0.15, -0.1) is 0 Å². The zero-order chi connectivity index (χ0) is 10.4. The standard InChI is InChI=1S/C13H28N/c1-4-5-6-7-10-14(13(2)3)11-8-9-12-14/h13H,4-12H2,1-3H3/q+1. The van der Waals surface area contributed by atoms with Crippen LogP contribution in [-0.4, -0.2) is 30.2 Å². The van der Waals surface area contributed by atoms with Gasteiger partial charge in [0.1, 0.15) is 0 Å². The molecule has 0 aromatic carbocycles. The minimum atomic E-state index is 0.846. The second-order valence-electron chi connectivity index (χ2n) is 5.25. The number of rotatable bonds is 6. The first-order valence-corrected chi connectivity index (χ1v) is 6.57. The smallest absolute Gasteiger partial charge is 0.0833 e. The average Bonchev–Trinajstić information content (AvgIpc) is 2.62. The lowest BCUT2D eigenvalue weighted by Crippen LogP contribution is -2.51. The van der Waals surface area contributed by atoms with Gasteiger partial charge in [-0.2, -0.15) is 0 Å². The molecule has 1 heteroatoms. The lowest BCUT2D eigenvalue weighted by Gasteiger charge is -2.38. The molecule has 0 saturated carbocycles. The molecular weight excluding hydrogens is 170 g/mol. The van der Waals surface area contributed by atoms with Gasteiger partial charge in [-0.1, -0.05) is 19.8 Å². The number of hydrogen-bond acceptors (Lipinski definition) is 0. The van der Waals surface area contributed by atoms with Gasteiger partial charge in [-0.3, -0.25) is 0 Å². The van der Waals surface area contributed by atoms with Crippen molar-refractivity contribution in [2.75, 3.05) is 19.6 Å². The maximum Gasteiger partial charge on any atom is 0.0833 e. The minimum absolute atomic E-state index is 0.846. The van der Waals surface area contributed by atoms with Gasteiger partial charge >= 0.3 is 0 Å². The number of hydrogen-bond donors (Lipinski definition) is 0. The Balaban J connectivity index is 2.29. The first-order chi connectivity index (χ1) is 6.71. The predicted molar refractivity (Wildman–Crippen MR) is 63.4 cm³/mol. The zero-order valence-corrected chi connectivity index (χ0v) is 10.4. The Hall–Kier alpha value is -0.0400. The molecule has 0 N–H and O–H groups in total. The Bertz CT molecular complexity index is 145. The summed E-state index contributed by atoms with van der Waals surface area (Å²) in [5.74, 6) is 0. The van der Waals surface area contributed by atoms with E-state index in [-0.39, 0.29) is 0 Å². The minimum Gasteiger partial charge on any atom is -0.322 e. The van der Waals surface area contributed by atoms with Crippen molar-refractivity contribution in [3.05, 3.63) is 0 Å². The summed E-state index contributed by atoms with van der Waals surface area (Å²) in [6, 6.07) is 0.846. The van der Waals surface area contributed by atoms with Gasteiger partial charge in [0.2, 0.25) is 0 Å². The van der Waals surface area contributed by atoms with Gasteiger partial charge in [0.25, 0.3) is 0 Å². The Labute approximate surface area is 90.1 Å². The summed E-state index contributed by atoms with van der Waals surface area (Å²) in [5.41, 5.74) is 0. The van der Waals surface area contributed by atoms with Crippen LogP contribution in [0.15, 0.2) is 0 Å². The summed E-state index contributed by atoms with van der Waals surface area (Å²) >= 11 is 0. The SMILES string of the molecule is CCCCCC[N+]1(C(C)C)CCCC1. The molecule has 0 atom stereocenters. The first-order valence-electron chi connectivity index (χ1n) is 6.57. The van der Waals surface area contributed by atoms with E-state index in [1.165, 1.54) is 62.6 Å². The van der Waals surface area contributed by atoms with Crippen molar-refractivity contribution >= 4 is 0 Å². The van der Waals surface area contributed by atoms with E-state index in [0.717, 1.165) is 6.04 Å². The molecule has 0 radical (unpaired) electrons. The Morgan fingerprint density at radius 1 is 1.00 bits per heavy atom. The zero-order valence-electron chi connectivity index (χ0n) is 10.4. The van der Waals surface area contributed by atoms with Crippen LogP contribution in [0, 0.1) is 0 Å². The highest BCUT2D eigenvalue weighted by Gasteiger charge is 2.33. The van der Waals surface area contributed by atoms with Crippen molar-refractivity contribution in [2.45, 2.75) is 65.3 Å². The van der Waals surface area contributed by atoms with E-state index in [0.29, 0.717) is 0 Å². The van der Waals surface area contributed by atoms with Crippen molar-refractivity contribution in [3.63, 3.8) is 0 Å². The van der Waals surface area contributed by atoms with Crippen LogP contribution in [0.5, 0.6) is 0 Å². The molecular formula is C13H28N+. The van der Waals surface area contributed by atoms with E-state index in [4.69, 9.17) is 0 Å². The predicted octanol–water partition coefficient (Wildman–Crippen LogP) is 3.59. The molecule has 14 heavy (non-hydrogen) atoms. The summed E-state index contributed by atoms with van der Waals surface area (Å²) in [6.07, 6.45) is 8.62. The Kier molecular flexibility index (Phi) is 4.94. The van der Waals surface area contributed by atoms with Gasteiger partial charge in [0.05, 0.1) is 25.7 Å². The van der Waals surface area contributed by atoms with E-state index in [1.54, 1.807) is 0 Å². The van der Waals surface area contributed by atoms with Crippen molar-refractivity contribution in [2.24, 2.45) is 0 Å². The number of quaternary nitrogens is 1. The third kappa shape index (κ3) is 2.98. The maximum absolute atomic E-state index is 2.41. The molecule has 1 nitrogen and oxygen atoms in total. The Morgan fingerprint density at radius 3 is 2.14 bits per heavy atom. The highest BCUT2D eigenvalue weighted by Crippen LogP contribution is 2.24. The van der Waals surface area contributed by atoms with Crippen LogP contribution >= 0.6 is 0 Å². The van der Waals surface area contributed by atoms with Crippen molar-refractivity contribution in [3.8, 4) is 0 Å². The van der Waals surface area contributed by atoms with Gasteiger partial charge in [0, 0.05) is 12.8 Å². The third-order valence-corrected chi connectivity index (χ3v) is 4.01. The second kappa shape index (κ2) is 5.75. The molecule has 1 fully saturated rings. The Morgan fingerprint density at radius 2 is 1.64 bits per heavy atom. The highest BCUT2D eigenvalue weighted by molar-refractivity contribution is 4.58. The normalized spacial score (nSPS) is 20.6. The average molecular weight is 198 g/mol. The second-order valence-corrected chi connectivity index (χ2v) is 5.25. The molecule has 84 valence electrons. The molecule has 0 aromatic heterocycles. The molecule has 0 aromatic rings. The van der Waals surface area contributed by atoms with Crippen LogP contribution in [0.2, 0.25) is 0 Å². The molecule has 1 heterocycles. The van der Waals surface area contributed by atoms with E-state index >= 15 is 0 Å². The van der Waals surface area contributed by atoms with Crippen molar-refractivity contribution in [1.29, 1.82) is 0 Å². The molecule has 0 unspecified atom stereocenters. The fourth-order valence-electron chi connectivity index (χ4n) is 2.82. The van der Waals surface area contributed by atoms with Crippen LogP contribution < -0.4 is 0 Å². The molecule has 0 spiro atoms. The molecule has 1 rings (SSSR count). The van der Waals surface area contributed by atoms with Crippen molar-refractivity contribution in [1.82, 2.24) is 0 Å². The number of likely N-dealkylation sites (tertiary alicyclic amines) is 1. The van der Waals surface area contributed by atoms with Gasteiger partial charge in [-0.05, 0) is 26.7 Å². The lowest BCUT2D eigenvalue weighted by atomic mass is 10.1. The van der Waals surface area contributed by atoms with Crippen LogP contribution in [0.1, 0.15) is 59.3 Å². The van der Waals surface area contributed by atoms with Crippen LogP contribution in [0.4, 0.5) is 0 Å². The summed E-state index contributed by atoms with van der Waals surface area (Å²) in [4.78, 5) is 0. The number of unbranched alkanes of at least 4 members (excludes halogenated alkanes) is 3. The largest absolute Gasteiger partial charge is 0.322 e. The quantitative estimate of drug-likeness (QED) is 0.452. The summed E-state index contributed by atoms with van der Waals surface area (Å²) < 4.78 is 1.42. The monoisotopic (exact) mass is 198 g/mol. The summed E-state index contributed by atoms with van der Waals surface area (Å²) in [5, 5.41) is 0. The van der Waals surface area contributed by atoms with Gasteiger partial charge in [-0.25, -0.2) is 0 Å². The molecule has 1 aliphatic rings. The summed E-state index contributed by atoms with van der Waals surface area (Å²) in [6.45, 7) is 11.4. The van der Waals surface area contributed by atoms with Crippen LogP contribution in [-0.2, 0) is 0 Å². The molecule has 0 bridgehead atoms. The van der Waals surface area contributed by atoms with Gasteiger partial charge in [0.15, 0.2) is 0 Å². The van der Waals surface area contributed by atoms with E-state index < -0.39 is 0 Å². The fourth-order valence-corrected chi connectivity index (χ4v) is 2.82. The third-order valence-electron chi connectivity index (χ3n) is 4.01. The molecule has 1 aliphatic heterocycles. The van der Waals surface area contributed by atoms with E-state index in [9.17, 15) is 0 Å². The first kappa shape index (κ1) is 12.0. The fraction of sp³-hybridized carbons (Fsp3) is 1.00. The lowest BCUT2D eigenvalue weighted by molar-refractivity contribution is -0.937. The summed E-state index contributed by atoms with van der Waals surface area (Å²) in [7, 11) is 0. The van der Waals surface area contributed by atoms with E-state index in [1.807, 2.05) is 0 Å². The molecule has 0 aliphatic carbocycles. The van der Waals surface area contributed by atoms with Gasteiger partial charge < -0.3 is 4.48 Å². The van der Waals surface area contributed by atoms with Crippen LogP contribution in [0.3, 0.4) is 0 Å². The maximum atomic E-state index is 2.41. The van der Waals surface area contributed by atoms with Crippen LogP contribution in [0.25, 0.3) is 0 Å². The topological polar surface area (TPSA) is 0 Å². The highest BCUT2D eigenvalue weighted by atomic mass is 15.4. The van der Waals surface area contributed by atoms with E-state index in [2.05, 4.69) is 20.8 Å².